The summed E-state index contributed by atoms with van der Waals surface area (Å²) in [5.41, 5.74) is 6.99. The number of aromatic hydroxyl groups is 1. The van der Waals surface area contributed by atoms with Crippen LogP contribution >= 0.6 is 11.8 Å². The zero-order valence-corrected chi connectivity index (χ0v) is 31.9. The number of amides is 2. The van der Waals surface area contributed by atoms with Gasteiger partial charge in [0.05, 0.1) is 31.6 Å². The van der Waals surface area contributed by atoms with Crippen LogP contribution in [-0.4, -0.2) is 67.4 Å². The first-order valence-electron chi connectivity index (χ1n) is 18.4. The van der Waals surface area contributed by atoms with Gasteiger partial charge in [-0.25, -0.2) is 9.59 Å². The van der Waals surface area contributed by atoms with Crippen LogP contribution in [0.2, 0.25) is 0 Å². The molecule has 57 heavy (non-hydrogen) atoms. The molecule has 0 aliphatic carbocycles. The average molecular weight is 787 g/mol. The predicted octanol–water partition coefficient (Wildman–Crippen LogP) is 6.45. The second-order valence-corrected chi connectivity index (χ2v) is 14.5. The molecule has 2 amide bonds. The molecule has 1 aromatic heterocycles. The summed E-state index contributed by atoms with van der Waals surface area (Å²) in [5.74, 6) is 0.171. The molecule has 6 aromatic rings. The highest BCUT2D eigenvalue weighted by atomic mass is 32.2. The number of thioether (sulfide) groups is 1. The smallest absolute Gasteiger partial charge is 0.328 e. The Labute approximate surface area is 334 Å². The third kappa shape index (κ3) is 10.2. The average Bonchev–Trinajstić information content (AvgIpc) is 3.74. The van der Waals surface area contributed by atoms with Gasteiger partial charge in [0.15, 0.2) is 6.29 Å². The number of aromatic nitrogens is 4. The number of aliphatic hydroxyl groups is 1. The first kappa shape index (κ1) is 39.2. The van der Waals surface area contributed by atoms with E-state index < -0.39 is 24.3 Å². The zero-order valence-electron chi connectivity index (χ0n) is 31.1. The van der Waals surface area contributed by atoms with Crippen LogP contribution in [0.5, 0.6) is 5.75 Å². The Morgan fingerprint density at radius 1 is 0.860 bits per heavy atom. The number of hydrogen-bond donors (Lipinski definition) is 4. The standard InChI is InChI=1S/C43H42N6O7S/c1-54-40(52)38(22-28-7-3-2-4-8-28)45-42(53)44-25-30-9-5-10-32(21-30)33-11-6-12-34(23-33)41-55-37(24-39(56-41)31-15-13-29(26-50)14-16-31)27-57-43-46-47-48-49(43)35-17-19-36(51)20-18-35/h2-21,23,37-39,41,50-51H,22,24-27H2,1H3,(H2,44,45,53)/t37-,38+,39+,41+/m1/s1. The maximum Gasteiger partial charge on any atom is 0.328 e. The topological polar surface area (TPSA) is 170 Å². The number of ether oxygens (including phenoxy) is 3. The maximum absolute atomic E-state index is 12.9. The minimum atomic E-state index is -0.837. The minimum Gasteiger partial charge on any atom is -0.508 e. The summed E-state index contributed by atoms with van der Waals surface area (Å²) in [5, 5.41) is 37.8. The van der Waals surface area contributed by atoms with Gasteiger partial charge < -0.3 is 35.1 Å². The first-order chi connectivity index (χ1) is 27.8. The molecule has 4 atom stereocenters. The van der Waals surface area contributed by atoms with Gasteiger partial charge in [0.1, 0.15) is 11.8 Å². The molecule has 0 saturated carbocycles. The highest BCUT2D eigenvalue weighted by molar-refractivity contribution is 7.99. The number of rotatable bonds is 14. The normalized spacial score (nSPS) is 17.1. The van der Waals surface area contributed by atoms with E-state index in [2.05, 4.69) is 26.2 Å². The highest BCUT2D eigenvalue weighted by Gasteiger charge is 2.33. The number of aliphatic hydroxyl groups excluding tert-OH is 1. The van der Waals surface area contributed by atoms with Crippen molar-refractivity contribution in [2.45, 2.75) is 55.7 Å². The Morgan fingerprint density at radius 2 is 1.60 bits per heavy atom. The number of nitrogens with one attached hydrogen (secondary N) is 2. The lowest BCUT2D eigenvalue weighted by molar-refractivity contribution is -0.245. The van der Waals surface area contributed by atoms with Gasteiger partial charge in [-0.3, -0.25) is 0 Å². The maximum atomic E-state index is 12.9. The molecule has 1 aliphatic rings. The van der Waals surface area contributed by atoms with E-state index in [0.29, 0.717) is 23.8 Å². The predicted molar refractivity (Wildman–Crippen MR) is 213 cm³/mol. The van der Waals surface area contributed by atoms with Crippen LogP contribution in [0, 0.1) is 0 Å². The summed E-state index contributed by atoms with van der Waals surface area (Å²) >= 11 is 1.47. The number of urea groups is 1. The van der Waals surface area contributed by atoms with E-state index in [1.807, 2.05) is 103 Å². The SMILES string of the molecule is COC(=O)[C@H](Cc1ccccc1)NC(=O)NCc1cccc(-c2cccc([C@H]3O[C@@H](CSc4nnnn4-c4ccc(O)cc4)C[C@@H](c4ccc(CO)cc4)O3)c2)c1. The quantitative estimate of drug-likeness (QED) is 0.0707. The Bertz CT molecular complexity index is 2260. The number of carbonyl (C=O) groups excluding carboxylic acids is 2. The summed E-state index contributed by atoms with van der Waals surface area (Å²) in [4.78, 5) is 25.4. The first-order valence-corrected chi connectivity index (χ1v) is 19.4. The molecular formula is C43H42N6O7S. The van der Waals surface area contributed by atoms with Gasteiger partial charge >= 0.3 is 12.0 Å². The summed E-state index contributed by atoms with van der Waals surface area (Å²) in [6, 6.07) is 38.4. The van der Waals surface area contributed by atoms with Gasteiger partial charge in [0.25, 0.3) is 0 Å². The number of benzene rings is 5. The van der Waals surface area contributed by atoms with Crippen molar-refractivity contribution in [2.75, 3.05) is 12.9 Å². The molecule has 14 heteroatoms. The van der Waals surface area contributed by atoms with Crippen molar-refractivity contribution < 1.29 is 34.0 Å². The Kier molecular flexibility index (Phi) is 12.9. The summed E-state index contributed by atoms with van der Waals surface area (Å²) in [6.07, 6.45) is -0.328. The van der Waals surface area contributed by atoms with Crippen molar-refractivity contribution in [1.29, 1.82) is 0 Å². The van der Waals surface area contributed by atoms with Crippen LogP contribution in [0.3, 0.4) is 0 Å². The second-order valence-electron chi connectivity index (χ2n) is 13.5. The largest absolute Gasteiger partial charge is 0.508 e. The van der Waals surface area contributed by atoms with Crippen LogP contribution in [0.1, 0.15) is 46.6 Å². The van der Waals surface area contributed by atoms with Gasteiger partial charge in [0.2, 0.25) is 5.16 Å². The number of methoxy groups -OCH3 is 1. The third-order valence-corrected chi connectivity index (χ3v) is 10.5. The van der Waals surface area contributed by atoms with E-state index >= 15 is 0 Å². The van der Waals surface area contributed by atoms with Crippen molar-refractivity contribution in [1.82, 2.24) is 30.8 Å². The molecule has 13 nitrogen and oxygen atoms in total. The van der Waals surface area contributed by atoms with Crippen LogP contribution in [0.4, 0.5) is 4.79 Å². The summed E-state index contributed by atoms with van der Waals surface area (Å²) in [7, 11) is 1.30. The third-order valence-electron chi connectivity index (χ3n) is 9.49. The number of nitrogens with zero attached hydrogens (tertiary/aromatic N) is 4. The monoisotopic (exact) mass is 786 g/mol. The lowest BCUT2D eigenvalue weighted by atomic mass is 9.99. The van der Waals surface area contributed by atoms with Gasteiger partial charge in [0, 0.05) is 30.7 Å². The fourth-order valence-electron chi connectivity index (χ4n) is 6.52. The van der Waals surface area contributed by atoms with E-state index in [4.69, 9.17) is 14.2 Å². The number of esters is 1. The van der Waals surface area contributed by atoms with Crippen molar-refractivity contribution >= 4 is 23.8 Å². The molecule has 0 unspecified atom stereocenters. The molecule has 5 aromatic carbocycles. The highest BCUT2D eigenvalue weighted by Crippen LogP contribution is 2.40. The van der Waals surface area contributed by atoms with Crippen molar-refractivity contribution in [3.63, 3.8) is 0 Å². The number of carbonyl (C=O) groups is 2. The number of phenolic OH excluding ortho intramolecular Hbond substituents is 1. The van der Waals surface area contributed by atoms with Gasteiger partial charge in [-0.05, 0) is 80.2 Å². The Morgan fingerprint density at radius 3 is 2.35 bits per heavy atom. The Hall–Kier alpha value is -6.06. The summed E-state index contributed by atoms with van der Waals surface area (Å²) < 4.78 is 19.8. The zero-order chi connectivity index (χ0) is 39.6. The minimum absolute atomic E-state index is 0.0472. The van der Waals surface area contributed by atoms with E-state index in [-0.39, 0.29) is 31.1 Å². The van der Waals surface area contributed by atoms with Gasteiger partial charge in [-0.1, -0.05) is 103 Å². The number of hydrogen-bond acceptors (Lipinski definition) is 11. The van der Waals surface area contributed by atoms with Crippen LogP contribution in [0.15, 0.2) is 133 Å². The number of tetrazole rings is 1. The van der Waals surface area contributed by atoms with Crippen LogP contribution in [0.25, 0.3) is 16.8 Å². The molecule has 2 heterocycles. The molecule has 1 saturated heterocycles. The van der Waals surface area contributed by atoms with Crippen molar-refractivity contribution in [2.24, 2.45) is 0 Å². The molecule has 7 rings (SSSR count). The lowest BCUT2D eigenvalue weighted by Crippen LogP contribution is -2.47. The number of phenols is 1. The van der Waals surface area contributed by atoms with Crippen LogP contribution in [-0.2, 0) is 38.6 Å². The van der Waals surface area contributed by atoms with Crippen molar-refractivity contribution in [3.8, 4) is 22.6 Å². The molecule has 1 aliphatic heterocycles. The van der Waals surface area contributed by atoms with Gasteiger partial charge in [-0.2, -0.15) is 4.68 Å². The molecule has 1 fully saturated rings. The molecule has 0 bridgehead atoms. The lowest BCUT2D eigenvalue weighted by Gasteiger charge is -2.36. The van der Waals surface area contributed by atoms with E-state index in [9.17, 15) is 19.8 Å². The van der Waals surface area contributed by atoms with Crippen LogP contribution < -0.4 is 10.6 Å². The van der Waals surface area contributed by atoms with E-state index in [1.54, 1.807) is 28.9 Å². The van der Waals surface area contributed by atoms with E-state index in [0.717, 1.165) is 44.6 Å². The fraction of sp³-hybridized carbons (Fsp3) is 0.233. The van der Waals surface area contributed by atoms with Crippen molar-refractivity contribution in [3.05, 3.63) is 155 Å². The molecule has 292 valence electrons. The Balaban J connectivity index is 1.05. The molecule has 0 radical (unpaired) electrons. The summed E-state index contributed by atoms with van der Waals surface area (Å²) in [6.45, 7) is 0.188. The molecule has 0 spiro atoms. The fourth-order valence-corrected chi connectivity index (χ4v) is 7.43. The molecule has 4 N–H and O–H groups in total. The van der Waals surface area contributed by atoms with E-state index in [1.165, 1.54) is 18.9 Å². The second kappa shape index (κ2) is 18.7. The van der Waals surface area contributed by atoms with Gasteiger partial charge in [-0.15, -0.1) is 5.10 Å². The molecular weight excluding hydrogens is 745 g/mol.